The molecule has 1 aliphatic rings. The number of carbonyl (C=O) groups is 1. The van der Waals surface area contributed by atoms with Crippen LogP contribution in [0.1, 0.15) is 24.1 Å². The Hall–Kier alpha value is -2.53. The number of pyridine rings is 1. The third kappa shape index (κ3) is 6.23. The number of aldehydes is 1. The number of aliphatic hydroxyl groups is 1. The third-order valence-electron chi connectivity index (χ3n) is 4.41. The van der Waals surface area contributed by atoms with Gasteiger partial charge in [-0.1, -0.05) is 23.4 Å². The molecule has 3 N–H and O–H groups in total. The fourth-order valence-corrected chi connectivity index (χ4v) is 3.50. The number of halogens is 1. The van der Waals surface area contributed by atoms with Crippen molar-refractivity contribution in [3.8, 4) is 11.1 Å². The number of carbonyl (C=O) groups excluding carboxylic acids is 1. The van der Waals surface area contributed by atoms with Crippen molar-refractivity contribution in [2.24, 2.45) is 5.16 Å². The van der Waals surface area contributed by atoms with Crippen LogP contribution in [-0.4, -0.2) is 56.2 Å². The molecule has 3 unspecified atom stereocenters. The normalized spacial score (nSPS) is 17.2. The van der Waals surface area contributed by atoms with E-state index in [0.717, 1.165) is 0 Å². The van der Waals surface area contributed by atoms with Crippen LogP contribution < -0.4 is 5.48 Å². The lowest BCUT2D eigenvalue weighted by Crippen LogP contribution is -2.23. The quantitative estimate of drug-likeness (QED) is 0.446. The molecule has 0 bridgehead atoms. The van der Waals surface area contributed by atoms with Gasteiger partial charge < -0.3 is 19.9 Å². The van der Waals surface area contributed by atoms with E-state index in [1.807, 2.05) is 0 Å². The number of oxime groups is 1. The van der Waals surface area contributed by atoms with Crippen molar-refractivity contribution in [1.29, 1.82) is 0 Å². The number of aliphatic hydroxyl groups excluding tert-OH is 1. The maximum atomic E-state index is 14.6. The fraction of sp³-hybridized carbons (Fsp3) is 0.350. The summed E-state index contributed by atoms with van der Waals surface area (Å²) in [5, 5.41) is 19.8. The molecule has 8 nitrogen and oxygen atoms in total. The Balaban J connectivity index is 0.00000101. The number of nitrogens with zero attached hydrogens (tertiary/aromatic N) is 2. The number of hydrogen-bond donors (Lipinski definition) is 3. The number of aromatic nitrogens is 1. The first-order chi connectivity index (χ1) is 14.4. The molecule has 2 heterocycles. The number of rotatable bonds is 7. The summed E-state index contributed by atoms with van der Waals surface area (Å²) in [4.78, 5) is 20.4. The Kier molecular flexibility index (Phi) is 9.18. The first-order valence-corrected chi connectivity index (χ1v) is 10.7. The molecule has 30 heavy (non-hydrogen) atoms. The van der Waals surface area contributed by atoms with Crippen molar-refractivity contribution >= 4 is 22.8 Å². The summed E-state index contributed by atoms with van der Waals surface area (Å²) in [7, 11) is 0.164. The van der Waals surface area contributed by atoms with Gasteiger partial charge in [-0.25, -0.2) is 9.87 Å². The predicted octanol–water partition coefficient (Wildman–Crippen LogP) is 1.80. The van der Waals surface area contributed by atoms with Crippen molar-refractivity contribution in [1.82, 2.24) is 10.5 Å². The van der Waals surface area contributed by atoms with Gasteiger partial charge in [0, 0.05) is 59.8 Å². The van der Waals surface area contributed by atoms with Gasteiger partial charge in [-0.05, 0) is 12.1 Å². The average Bonchev–Trinajstić information content (AvgIpc) is 3.21. The minimum atomic E-state index is -1.27. The lowest BCUT2D eigenvalue weighted by atomic mass is 9.99. The van der Waals surface area contributed by atoms with Gasteiger partial charge in [0.1, 0.15) is 18.2 Å². The van der Waals surface area contributed by atoms with Crippen molar-refractivity contribution in [2.75, 3.05) is 13.3 Å². The lowest BCUT2D eigenvalue weighted by Gasteiger charge is -2.11. The van der Waals surface area contributed by atoms with E-state index in [4.69, 9.17) is 15.2 Å². The first kappa shape index (κ1) is 23.7. The fourth-order valence-electron chi connectivity index (χ4n) is 2.86. The molecule has 3 atom stereocenters. The van der Waals surface area contributed by atoms with Gasteiger partial charge in [0.05, 0.1) is 23.3 Å². The summed E-state index contributed by atoms with van der Waals surface area (Å²) in [5.41, 5.74) is 4.46. The van der Waals surface area contributed by atoms with Crippen LogP contribution in [0.25, 0.3) is 11.1 Å². The van der Waals surface area contributed by atoms with Crippen LogP contribution in [-0.2, 0) is 27.0 Å². The van der Waals surface area contributed by atoms with E-state index in [-0.39, 0.29) is 12.7 Å². The molecule has 2 aromatic rings. The molecule has 0 aliphatic carbocycles. The molecule has 0 spiro atoms. The van der Waals surface area contributed by atoms with E-state index >= 15 is 0 Å². The standard InChI is InChI=1S/C19H19FN2O4S.CH5NO/c1-27(25)16(11-24)7-15-8-19(22-26-15)12-3-5-17(18(20)6-12)13-2-4-14(10-23)21-9-13;1-2-3/h2-6,9,11,15-16,23H,7-8,10H2,1H3;2-3H,1H3. The molecule has 1 aromatic heterocycles. The summed E-state index contributed by atoms with van der Waals surface area (Å²) in [5.74, 6) is -0.419. The van der Waals surface area contributed by atoms with Crippen molar-refractivity contribution in [2.45, 2.75) is 30.8 Å². The number of hydroxylamine groups is 1. The Morgan fingerprint density at radius 2 is 2.07 bits per heavy atom. The molecule has 0 saturated heterocycles. The summed E-state index contributed by atoms with van der Waals surface area (Å²) in [6, 6.07) is 8.12. The molecule has 0 amide bonds. The minimum absolute atomic E-state index is 0.167. The molecule has 3 rings (SSSR count). The summed E-state index contributed by atoms with van der Waals surface area (Å²) < 4.78 is 26.1. The van der Waals surface area contributed by atoms with E-state index < -0.39 is 21.9 Å². The van der Waals surface area contributed by atoms with Gasteiger partial charge in [0.15, 0.2) is 0 Å². The highest BCUT2D eigenvalue weighted by Crippen LogP contribution is 2.26. The Bertz CT molecular complexity index is 908. The molecule has 1 aliphatic heterocycles. The summed E-state index contributed by atoms with van der Waals surface area (Å²) in [6.45, 7) is -0.167. The molecule has 1 aromatic carbocycles. The Morgan fingerprint density at radius 1 is 1.37 bits per heavy atom. The monoisotopic (exact) mass is 437 g/mol. The second kappa shape index (κ2) is 11.6. The average molecular weight is 437 g/mol. The van der Waals surface area contributed by atoms with E-state index in [1.54, 1.807) is 29.7 Å². The SMILES string of the molecule is CNO.CS(=O)C(C=O)CC1CC(c2ccc(-c3ccc(CO)nc3)c(F)c2)=NO1. The van der Waals surface area contributed by atoms with Gasteiger partial charge >= 0.3 is 0 Å². The zero-order valence-corrected chi connectivity index (χ0v) is 17.4. The predicted molar refractivity (Wildman–Crippen MR) is 111 cm³/mol. The zero-order chi connectivity index (χ0) is 22.1. The second-order valence-corrected chi connectivity index (χ2v) is 8.10. The maximum absolute atomic E-state index is 14.6. The molecular weight excluding hydrogens is 413 g/mol. The van der Waals surface area contributed by atoms with Gasteiger partial charge in [0.2, 0.25) is 0 Å². The molecule has 162 valence electrons. The lowest BCUT2D eigenvalue weighted by molar-refractivity contribution is -0.108. The molecule has 10 heteroatoms. The Labute approximate surface area is 176 Å². The number of hydrogen-bond acceptors (Lipinski definition) is 8. The smallest absolute Gasteiger partial charge is 0.135 e. The van der Waals surface area contributed by atoms with Crippen LogP contribution in [0.4, 0.5) is 4.39 Å². The number of nitrogens with one attached hydrogen (secondary N) is 1. The van der Waals surface area contributed by atoms with Gasteiger partial charge in [-0.15, -0.1) is 0 Å². The van der Waals surface area contributed by atoms with Gasteiger partial charge in [-0.3, -0.25) is 9.19 Å². The number of benzene rings is 1. The van der Waals surface area contributed by atoms with E-state index in [0.29, 0.717) is 47.2 Å². The third-order valence-corrected chi connectivity index (χ3v) is 5.56. The molecule has 0 saturated carbocycles. The van der Waals surface area contributed by atoms with E-state index in [1.165, 1.54) is 25.6 Å². The highest BCUT2D eigenvalue weighted by atomic mass is 32.2. The molecule has 0 radical (unpaired) electrons. The summed E-state index contributed by atoms with van der Waals surface area (Å²) in [6.07, 6.45) is 4.04. The Morgan fingerprint density at radius 3 is 2.60 bits per heavy atom. The van der Waals surface area contributed by atoms with Crippen molar-refractivity contribution in [3.05, 3.63) is 53.6 Å². The zero-order valence-electron chi connectivity index (χ0n) is 16.6. The van der Waals surface area contributed by atoms with Crippen LogP contribution in [0.3, 0.4) is 0 Å². The van der Waals surface area contributed by atoms with E-state index in [9.17, 15) is 13.4 Å². The highest BCUT2D eigenvalue weighted by molar-refractivity contribution is 7.85. The van der Waals surface area contributed by atoms with Gasteiger partial charge in [0.25, 0.3) is 0 Å². The van der Waals surface area contributed by atoms with Crippen LogP contribution in [0.5, 0.6) is 0 Å². The highest BCUT2D eigenvalue weighted by Gasteiger charge is 2.27. The van der Waals surface area contributed by atoms with Gasteiger partial charge in [-0.2, -0.15) is 0 Å². The summed E-state index contributed by atoms with van der Waals surface area (Å²) >= 11 is 0. The molecule has 0 fully saturated rings. The topological polar surface area (TPSA) is 121 Å². The minimum Gasteiger partial charge on any atom is -0.392 e. The second-order valence-electron chi connectivity index (χ2n) is 6.49. The largest absolute Gasteiger partial charge is 0.392 e. The van der Waals surface area contributed by atoms with Crippen molar-refractivity contribution in [3.63, 3.8) is 0 Å². The van der Waals surface area contributed by atoms with E-state index in [2.05, 4.69) is 10.1 Å². The van der Waals surface area contributed by atoms with Crippen LogP contribution in [0.2, 0.25) is 0 Å². The van der Waals surface area contributed by atoms with Crippen LogP contribution >= 0.6 is 0 Å². The maximum Gasteiger partial charge on any atom is 0.135 e. The van der Waals surface area contributed by atoms with Crippen molar-refractivity contribution < 1.29 is 28.5 Å². The first-order valence-electron chi connectivity index (χ1n) is 9.10. The van der Waals surface area contributed by atoms with Crippen LogP contribution in [0, 0.1) is 5.82 Å². The molecular formula is C20H24FN3O5S. The van der Waals surface area contributed by atoms with Crippen LogP contribution in [0.15, 0.2) is 41.7 Å².